The van der Waals surface area contributed by atoms with E-state index in [0.29, 0.717) is 4.57 Å². The van der Waals surface area contributed by atoms with Gasteiger partial charge in [-0.15, -0.1) is 12.4 Å². The fourth-order valence-electron chi connectivity index (χ4n) is 1.90. The van der Waals surface area contributed by atoms with Gasteiger partial charge in [0.05, 0.1) is 6.10 Å². The highest BCUT2D eigenvalue weighted by molar-refractivity contribution is 5.85. The number of hydrogen-bond donors (Lipinski definition) is 2. The molecule has 0 amide bonds. The number of nitrogens with zero attached hydrogens (tertiary/aromatic N) is 2. The van der Waals surface area contributed by atoms with E-state index in [9.17, 15) is 18.7 Å². The molecule has 9 heteroatoms. The van der Waals surface area contributed by atoms with E-state index in [-0.39, 0.29) is 32.1 Å². The molecule has 0 spiro atoms. The number of aromatic nitrogens is 2. The van der Waals surface area contributed by atoms with Crippen LogP contribution in [-0.2, 0) is 4.74 Å². The van der Waals surface area contributed by atoms with Crippen molar-refractivity contribution in [2.24, 2.45) is 0 Å². The first kappa shape index (κ1) is 18.8. The number of anilines is 1. The van der Waals surface area contributed by atoms with Gasteiger partial charge in [-0.3, -0.25) is 4.57 Å². The van der Waals surface area contributed by atoms with Gasteiger partial charge in [-0.25, -0.2) is 4.79 Å². The van der Waals surface area contributed by atoms with E-state index in [1.54, 1.807) is 6.92 Å². The Morgan fingerprint density at radius 3 is 2.65 bits per heavy atom. The number of ether oxygens (including phenoxy) is 1. The molecule has 20 heavy (non-hydrogen) atoms. The number of nitrogen functional groups attached to an aromatic ring is 1. The smallest absolute Gasteiger partial charge is 0.351 e. The highest BCUT2D eigenvalue weighted by atomic mass is 35.5. The van der Waals surface area contributed by atoms with Crippen LogP contribution < -0.4 is 11.4 Å². The van der Waals surface area contributed by atoms with Gasteiger partial charge in [0.1, 0.15) is 11.9 Å². The highest BCUT2D eigenvalue weighted by Crippen LogP contribution is 2.42. The maximum atomic E-state index is 13.8. The summed E-state index contributed by atoms with van der Waals surface area (Å²) in [6, 6.07) is 1.21. The lowest BCUT2D eigenvalue weighted by Gasteiger charge is -2.20. The van der Waals surface area contributed by atoms with Crippen molar-refractivity contribution in [3.63, 3.8) is 0 Å². The summed E-state index contributed by atoms with van der Waals surface area (Å²) in [7, 11) is 0. The Labute approximate surface area is 121 Å². The number of aliphatic hydroxyl groups excluding tert-OH is 1. The van der Waals surface area contributed by atoms with E-state index in [0.717, 1.165) is 6.20 Å². The molecule has 3 N–H and O–H groups in total. The Balaban J connectivity index is 0.00000180. The second-order valence-electron chi connectivity index (χ2n) is 4.10. The van der Waals surface area contributed by atoms with Crippen LogP contribution in [0.5, 0.6) is 0 Å². The van der Waals surface area contributed by atoms with Gasteiger partial charge in [0, 0.05) is 6.20 Å². The first-order valence-electron chi connectivity index (χ1n) is 5.44. The third-order valence-corrected chi connectivity index (χ3v) is 2.89. The number of halogens is 3. The van der Waals surface area contributed by atoms with Crippen molar-refractivity contribution in [1.82, 2.24) is 9.55 Å². The van der Waals surface area contributed by atoms with Crippen LogP contribution in [0.2, 0.25) is 0 Å². The number of nitrogens with two attached hydrogens (primary N) is 1. The first-order valence-corrected chi connectivity index (χ1v) is 5.44. The van der Waals surface area contributed by atoms with E-state index in [1.807, 2.05) is 0 Å². The van der Waals surface area contributed by atoms with Gasteiger partial charge < -0.3 is 15.6 Å². The summed E-state index contributed by atoms with van der Waals surface area (Å²) in [5, 5.41) is 9.46. The molecule has 1 fully saturated rings. The fourth-order valence-corrected chi connectivity index (χ4v) is 1.90. The molecule has 0 aliphatic carbocycles. The van der Waals surface area contributed by atoms with Gasteiger partial charge >= 0.3 is 11.6 Å². The zero-order valence-electron chi connectivity index (χ0n) is 9.99. The molecule has 1 aliphatic heterocycles. The van der Waals surface area contributed by atoms with Crippen LogP contribution in [0.1, 0.15) is 27.0 Å². The molecule has 0 aromatic carbocycles. The SMILES string of the molecule is C.CCC1OC(n2ccc(N)nc2=O)C(F)(F)C1O.Cl. The van der Waals surface area contributed by atoms with Crippen LogP contribution in [0, 0.1) is 0 Å². The molecule has 2 rings (SSSR count). The lowest BCUT2D eigenvalue weighted by molar-refractivity contribution is -0.140. The molecule has 0 saturated carbocycles. The maximum Gasteiger partial charge on any atom is 0.351 e. The normalized spacial score (nSPS) is 27.5. The predicted molar refractivity (Wildman–Crippen MR) is 72.0 cm³/mol. The summed E-state index contributed by atoms with van der Waals surface area (Å²) in [5.74, 6) is -3.62. The van der Waals surface area contributed by atoms with Crippen LogP contribution in [0.15, 0.2) is 17.1 Å². The minimum absolute atomic E-state index is 0. The summed E-state index contributed by atoms with van der Waals surface area (Å²) >= 11 is 0. The first-order chi connectivity index (χ1) is 8.37. The van der Waals surface area contributed by atoms with Gasteiger partial charge in [-0.2, -0.15) is 13.8 Å². The number of hydrogen-bond acceptors (Lipinski definition) is 5. The summed E-state index contributed by atoms with van der Waals surface area (Å²) in [6.07, 6.45) is -3.54. The Morgan fingerprint density at radius 2 is 2.20 bits per heavy atom. The third kappa shape index (κ3) is 2.92. The van der Waals surface area contributed by atoms with Crippen molar-refractivity contribution in [3.8, 4) is 0 Å². The van der Waals surface area contributed by atoms with Crippen molar-refractivity contribution in [1.29, 1.82) is 0 Å². The zero-order valence-corrected chi connectivity index (χ0v) is 10.8. The zero-order chi connectivity index (χ0) is 13.5. The third-order valence-electron chi connectivity index (χ3n) is 2.89. The van der Waals surface area contributed by atoms with E-state index in [4.69, 9.17) is 10.5 Å². The number of alkyl halides is 2. The van der Waals surface area contributed by atoms with Gasteiger partial charge in [-0.1, -0.05) is 14.4 Å². The predicted octanol–water partition coefficient (Wildman–Crippen LogP) is 1.19. The van der Waals surface area contributed by atoms with E-state index in [2.05, 4.69) is 4.98 Å². The molecule has 3 unspecified atom stereocenters. The van der Waals surface area contributed by atoms with Crippen LogP contribution in [0.25, 0.3) is 0 Å². The number of rotatable bonds is 2. The molecule has 6 nitrogen and oxygen atoms in total. The molecule has 0 bridgehead atoms. The molecular formula is C11H18ClF2N3O3. The number of aliphatic hydroxyl groups is 1. The minimum atomic E-state index is -3.55. The van der Waals surface area contributed by atoms with E-state index >= 15 is 0 Å². The molecule has 0 radical (unpaired) electrons. The molecule has 1 aromatic heterocycles. The van der Waals surface area contributed by atoms with Gasteiger partial charge in [-0.05, 0) is 12.5 Å². The van der Waals surface area contributed by atoms with Crippen LogP contribution in [0.3, 0.4) is 0 Å². The Morgan fingerprint density at radius 1 is 1.60 bits per heavy atom. The monoisotopic (exact) mass is 313 g/mol. The lowest BCUT2D eigenvalue weighted by atomic mass is 10.1. The summed E-state index contributed by atoms with van der Waals surface area (Å²) in [4.78, 5) is 14.8. The molecule has 116 valence electrons. The van der Waals surface area contributed by atoms with Gasteiger partial charge in [0.2, 0.25) is 6.23 Å². The molecule has 1 saturated heterocycles. The topological polar surface area (TPSA) is 90.4 Å². The Kier molecular flexibility index (Phi) is 6.06. The van der Waals surface area contributed by atoms with Gasteiger partial charge in [0.25, 0.3) is 0 Å². The lowest BCUT2D eigenvalue weighted by Crippen LogP contribution is -2.41. The maximum absolute atomic E-state index is 13.8. The van der Waals surface area contributed by atoms with Crippen molar-refractivity contribution in [2.75, 3.05) is 5.73 Å². The standard InChI is InChI=1S/C10H13F2N3O3.CH4.ClH/c1-2-5-7(16)10(11,12)8(18-5)15-4-3-6(13)14-9(15)17;;/h3-5,7-8,16H,2H2,1H3,(H2,13,14,17);1H4;1H. The van der Waals surface area contributed by atoms with Crippen LogP contribution >= 0.6 is 12.4 Å². The van der Waals surface area contributed by atoms with Gasteiger partial charge in [0.15, 0.2) is 0 Å². The summed E-state index contributed by atoms with van der Waals surface area (Å²) < 4.78 is 33.3. The quantitative estimate of drug-likeness (QED) is 0.856. The van der Waals surface area contributed by atoms with Crippen molar-refractivity contribution in [3.05, 3.63) is 22.7 Å². The molecule has 1 aliphatic rings. The molecule has 3 atom stereocenters. The van der Waals surface area contributed by atoms with E-state index < -0.39 is 30.0 Å². The Hall–Kier alpha value is -1.25. The Bertz CT molecular complexity index is 512. The molecular weight excluding hydrogens is 296 g/mol. The van der Waals surface area contributed by atoms with Crippen molar-refractivity contribution >= 4 is 18.2 Å². The highest BCUT2D eigenvalue weighted by Gasteiger charge is 2.59. The van der Waals surface area contributed by atoms with Crippen LogP contribution in [-0.4, -0.2) is 32.8 Å². The molecule has 1 aromatic rings. The summed E-state index contributed by atoms with van der Waals surface area (Å²) in [5.41, 5.74) is 4.33. The largest absolute Gasteiger partial charge is 0.384 e. The average Bonchev–Trinajstić information content (AvgIpc) is 2.52. The fraction of sp³-hybridized carbons (Fsp3) is 0.636. The second kappa shape index (κ2) is 6.47. The van der Waals surface area contributed by atoms with Crippen LogP contribution in [0.4, 0.5) is 14.6 Å². The average molecular weight is 314 g/mol. The minimum Gasteiger partial charge on any atom is -0.384 e. The van der Waals surface area contributed by atoms with E-state index in [1.165, 1.54) is 6.07 Å². The molecule has 2 heterocycles. The van der Waals surface area contributed by atoms with Crippen molar-refractivity contribution < 1.29 is 18.6 Å². The van der Waals surface area contributed by atoms with Crippen molar-refractivity contribution in [2.45, 2.75) is 45.1 Å². The second-order valence-corrected chi connectivity index (χ2v) is 4.10. The summed E-state index contributed by atoms with van der Waals surface area (Å²) in [6.45, 7) is 1.61.